The SMILES string of the molecule is CCn1c(=O)c2cc(S(=O)(=O)NC3(CF)CC3)ccc2n(C(F)F)c1=O. The molecule has 1 aromatic heterocycles. The van der Waals surface area contributed by atoms with Crippen LogP contribution in [0.3, 0.4) is 0 Å². The highest BCUT2D eigenvalue weighted by Gasteiger charge is 2.46. The second kappa shape index (κ2) is 6.23. The Kier molecular flexibility index (Phi) is 4.47. The van der Waals surface area contributed by atoms with Gasteiger partial charge in [0.2, 0.25) is 10.0 Å². The topological polar surface area (TPSA) is 90.2 Å². The predicted molar refractivity (Wildman–Crippen MR) is 87.7 cm³/mol. The van der Waals surface area contributed by atoms with Gasteiger partial charge in [0, 0.05) is 6.54 Å². The van der Waals surface area contributed by atoms with E-state index in [2.05, 4.69) is 4.72 Å². The number of sulfonamides is 1. The lowest BCUT2D eigenvalue weighted by Crippen LogP contribution is -2.40. The van der Waals surface area contributed by atoms with Gasteiger partial charge in [-0.15, -0.1) is 0 Å². The smallest absolute Gasteiger partial charge is 0.268 e. The molecule has 0 aliphatic heterocycles. The summed E-state index contributed by atoms with van der Waals surface area (Å²) in [6.07, 6.45) is 0.702. The number of aromatic nitrogens is 2. The molecular formula is C15H16F3N3O4S. The minimum atomic E-state index is -4.15. The van der Waals surface area contributed by atoms with Crippen molar-refractivity contribution in [2.75, 3.05) is 6.67 Å². The number of hydrogen-bond acceptors (Lipinski definition) is 4. The number of rotatable bonds is 6. The van der Waals surface area contributed by atoms with Crippen LogP contribution in [0.5, 0.6) is 0 Å². The Balaban J connectivity index is 2.23. The van der Waals surface area contributed by atoms with Gasteiger partial charge in [-0.1, -0.05) is 0 Å². The number of hydrogen-bond donors (Lipinski definition) is 1. The van der Waals surface area contributed by atoms with E-state index in [0.717, 1.165) is 18.2 Å². The molecule has 1 aliphatic carbocycles. The first kappa shape index (κ1) is 18.6. The molecule has 1 N–H and O–H groups in total. The van der Waals surface area contributed by atoms with E-state index < -0.39 is 40.0 Å². The molecule has 0 spiro atoms. The van der Waals surface area contributed by atoms with Gasteiger partial charge in [0.05, 0.1) is 21.3 Å². The first-order chi connectivity index (χ1) is 12.2. The third-order valence-corrected chi connectivity index (χ3v) is 6.00. The number of nitrogens with zero attached hydrogens (tertiary/aromatic N) is 2. The highest BCUT2D eigenvalue weighted by Crippen LogP contribution is 2.37. The van der Waals surface area contributed by atoms with Gasteiger partial charge in [-0.3, -0.25) is 9.36 Å². The fourth-order valence-corrected chi connectivity index (χ4v) is 4.22. The molecule has 11 heteroatoms. The molecule has 142 valence electrons. The van der Waals surface area contributed by atoms with Crippen molar-refractivity contribution in [1.82, 2.24) is 13.9 Å². The number of fused-ring (bicyclic) bond motifs is 1. The molecule has 1 fully saturated rings. The summed E-state index contributed by atoms with van der Waals surface area (Å²) in [4.78, 5) is 24.1. The summed E-state index contributed by atoms with van der Waals surface area (Å²) in [5, 5.41) is -0.334. The van der Waals surface area contributed by atoms with Gasteiger partial charge in [-0.25, -0.2) is 26.9 Å². The maximum Gasteiger partial charge on any atom is 0.335 e. The Morgan fingerprint density at radius 3 is 2.42 bits per heavy atom. The van der Waals surface area contributed by atoms with Crippen molar-refractivity contribution >= 4 is 20.9 Å². The van der Waals surface area contributed by atoms with Gasteiger partial charge < -0.3 is 0 Å². The monoisotopic (exact) mass is 391 g/mol. The average molecular weight is 391 g/mol. The fourth-order valence-electron chi connectivity index (χ4n) is 2.75. The standard InChI is InChI=1S/C15H16F3N3O4S/c1-2-20-12(22)10-7-9(26(24,25)19-15(8-16)5-6-15)3-4-11(10)21(13(17)18)14(20)23/h3-4,7,13,19H,2,5-6,8H2,1H3. The summed E-state index contributed by atoms with van der Waals surface area (Å²) in [5.41, 5.74) is -3.56. The number of nitrogens with one attached hydrogen (secondary N) is 1. The Bertz CT molecular complexity index is 1090. The van der Waals surface area contributed by atoms with E-state index in [0.29, 0.717) is 17.4 Å². The summed E-state index contributed by atoms with van der Waals surface area (Å²) < 4.78 is 67.4. The van der Waals surface area contributed by atoms with Crippen LogP contribution in [-0.4, -0.2) is 29.8 Å². The zero-order valence-electron chi connectivity index (χ0n) is 13.7. The molecule has 1 saturated carbocycles. The van der Waals surface area contributed by atoms with Crippen molar-refractivity contribution in [3.8, 4) is 0 Å². The molecule has 3 rings (SSSR count). The Hall–Kier alpha value is -2.14. The normalized spacial score (nSPS) is 16.3. The molecule has 1 heterocycles. The molecule has 7 nitrogen and oxygen atoms in total. The van der Waals surface area contributed by atoms with Gasteiger partial charge in [0.15, 0.2) is 0 Å². The zero-order chi connectivity index (χ0) is 19.3. The largest absolute Gasteiger partial charge is 0.335 e. The highest BCUT2D eigenvalue weighted by molar-refractivity contribution is 7.89. The molecular weight excluding hydrogens is 375 g/mol. The van der Waals surface area contributed by atoms with Crippen molar-refractivity contribution in [1.29, 1.82) is 0 Å². The van der Waals surface area contributed by atoms with E-state index in [4.69, 9.17) is 0 Å². The molecule has 0 saturated heterocycles. The van der Waals surface area contributed by atoms with Gasteiger partial charge in [-0.2, -0.15) is 8.78 Å². The van der Waals surface area contributed by atoms with E-state index in [1.807, 2.05) is 0 Å². The van der Waals surface area contributed by atoms with Gasteiger partial charge in [0.1, 0.15) is 6.67 Å². The van der Waals surface area contributed by atoms with Gasteiger partial charge >= 0.3 is 12.2 Å². The molecule has 0 radical (unpaired) electrons. The van der Waals surface area contributed by atoms with E-state index in [1.165, 1.54) is 6.92 Å². The minimum Gasteiger partial charge on any atom is -0.268 e. The summed E-state index contributed by atoms with van der Waals surface area (Å²) in [5.74, 6) is 0. The van der Waals surface area contributed by atoms with Crippen LogP contribution in [0, 0.1) is 0 Å². The van der Waals surface area contributed by atoms with Gasteiger partial charge in [-0.05, 0) is 38.0 Å². The fraction of sp³-hybridized carbons (Fsp3) is 0.467. The molecule has 26 heavy (non-hydrogen) atoms. The predicted octanol–water partition coefficient (Wildman–Crippen LogP) is 1.36. The number of halogens is 3. The number of benzene rings is 1. The minimum absolute atomic E-state index is 0.133. The summed E-state index contributed by atoms with van der Waals surface area (Å²) >= 11 is 0. The Labute approximate surface area is 146 Å². The number of alkyl halides is 3. The second-order valence-electron chi connectivity index (χ2n) is 6.18. The van der Waals surface area contributed by atoms with Crippen LogP contribution in [0.4, 0.5) is 13.2 Å². The lowest BCUT2D eigenvalue weighted by Gasteiger charge is -2.15. The molecule has 2 aromatic rings. The zero-order valence-corrected chi connectivity index (χ0v) is 14.5. The maximum absolute atomic E-state index is 13.3. The third kappa shape index (κ3) is 2.94. The lowest BCUT2D eigenvalue weighted by molar-refractivity contribution is 0.0683. The molecule has 0 bridgehead atoms. The molecule has 0 atom stereocenters. The highest BCUT2D eigenvalue weighted by atomic mass is 32.2. The average Bonchev–Trinajstić information content (AvgIpc) is 3.34. The Morgan fingerprint density at radius 2 is 1.92 bits per heavy atom. The van der Waals surface area contributed by atoms with E-state index in [1.54, 1.807) is 0 Å². The van der Waals surface area contributed by atoms with E-state index in [9.17, 15) is 31.2 Å². The second-order valence-corrected chi connectivity index (χ2v) is 7.86. The van der Waals surface area contributed by atoms with Crippen LogP contribution in [0.25, 0.3) is 10.9 Å². The summed E-state index contributed by atoms with van der Waals surface area (Å²) in [6, 6.07) is 2.92. The lowest BCUT2D eigenvalue weighted by atomic mass is 10.2. The van der Waals surface area contributed by atoms with Crippen LogP contribution in [0.15, 0.2) is 32.7 Å². The van der Waals surface area contributed by atoms with Gasteiger partial charge in [0.25, 0.3) is 5.56 Å². The van der Waals surface area contributed by atoms with Crippen molar-refractivity contribution < 1.29 is 21.6 Å². The van der Waals surface area contributed by atoms with Crippen molar-refractivity contribution in [2.24, 2.45) is 0 Å². The van der Waals surface area contributed by atoms with Crippen LogP contribution in [0.1, 0.15) is 26.3 Å². The summed E-state index contributed by atoms with van der Waals surface area (Å²) in [7, 11) is -4.15. The van der Waals surface area contributed by atoms with Crippen molar-refractivity contribution in [3.05, 3.63) is 39.0 Å². The molecule has 1 aromatic carbocycles. The van der Waals surface area contributed by atoms with Crippen LogP contribution in [-0.2, 0) is 16.6 Å². The van der Waals surface area contributed by atoms with Crippen LogP contribution in [0.2, 0.25) is 0 Å². The maximum atomic E-state index is 13.3. The molecule has 0 amide bonds. The van der Waals surface area contributed by atoms with Crippen molar-refractivity contribution in [2.45, 2.75) is 43.3 Å². The quantitative estimate of drug-likeness (QED) is 0.805. The Morgan fingerprint density at radius 1 is 1.27 bits per heavy atom. The first-order valence-corrected chi connectivity index (χ1v) is 9.31. The van der Waals surface area contributed by atoms with Crippen molar-refractivity contribution in [3.63, 3.8) is 0 Å². The van der Waals surface area contributed by atoms with E-state index >= 15 is 0 Å². The third-order valence-electron chi connectivity index (χ3n) is 4.42. The first-order valence-electron chi connectivity index (χ1n) is 7.83. The van der Waals surface area contributed by atoms with E-state index in [-0.39, 0.29) is 26.9 Å². The molecule has 1 aliphatic rings. The van der Waals surface area contributed by atoms with Crippen LogP contribution >= 0.6 is 0 Å². The van der Waals surface area contributed by atoms with Crippen LogP contribution < -0.4 is 16.0 Å². The summed E-state index contributed by atoms with van der Waals surface area (Å²) in [6.45, 7) is -2.79. The molecule has 0 unspecified atom stereocenters.